The molecule has 0 atom stereocenters. The van der Waals surface area contributed by atoms with Crippen molar-refractivity contribution in [1.29, 1.82) is 0 Å². The summed E-state index contributed by atoms with van der Waals surface area (Å²) >= 11 is 0. The van der Waals surface area contributed by atoms with Gasteiger partial charge in [0.15, 0.2) is 11.6 Å². The molecule has 1 saturated carbocycles. The zero-order valence-corrected chi connectivity index (χ0v) is 20.4. The molecule has 0 unspecified atom stereocenters. The molecule has 182 valence electrons. The van der Waals surface area contributed by atoms with Crippen LogP contribution in [0.3, 0.4) is 0 Å². The molecule has 3 heteroatoms. The maximum atomic E-state index is 15.0. The second-order valence-corrected chi connectivity index (χ2v) is 9.53. The normalized spacial score (nSPS) is 18.2. The van der Waals surface area contributed by atoms with E-state index in [1.165, 1.54) is 0 Å². The number of hydrogen-bond acceptors (Lipinski definition) is 0. The Morgan fingerprint density at radius 3 is 2.11 bits per heavy atom. The number of halogens is 3. The van der Waals surface area contributed by atoms with Gasteiger partial charge in [0, 0.05) is 11.1 Å². The van der Waals surface area contributed by atoms with Gasteiger partial charge in [-0.25, -0.2) is 13.2 Å². The molecule has 3 aromatic rings. The number of aryl methyl sites for hydroxylation is 1. The van der Waals surface area contributed by atoms with Crippen molar-refractivity contribution < 1.29 is 13.2 Å². The Morgan fingerprint density at radius 1 is 0.829 bits per heavy atom. The molecule has 0 aliphatic heterocycles. The first kappa shape index (κ1) is 25.0. The van der Waals surface area contributed by atoms with Gasteiger partial charge in [-0.05, 0) is 92.0 Å². The van der Waals surface area contributed by atoms with E-state index in [0.717, 1.165) is 49.7 Å². The fourth-order valence-corrected chi connectivity index (χ4v) is 5.12. The Hall–Kier alpha value is -3.07. The molecule has 0 N–H and O–H groups in total. The molecule has 3 aromatic carbocycles. The van der Waals surface area contributed by atoms with Crippen molar-refractivity contribution in [1.82, 2.24) is 0 Å². The van der Waals surface area contributed by atoms with Crippen molar-refractivity contribution in [3.05, 3.63) is 108 Å². The van der Waals surface area contributed by atoms with Gasteiger partial charge in [-0.1, -0.05) is 66.8 Å². The Morgan fingerprint density at radius 2 is 1.49 bits per heavy atom. The Bertz CT molecular complexity index is 1180. The fraction of sp³-hybridized carbons (Fsp3) is 0.312. The smallest absolute Gasteiger partial charge is 0.166 e. The van der Waals surface area contributed by atoms with Gasteiger partial charge in [0.1, 0.15) is 5.82 Å². The standard InChI is InChI=1S/C32H33F3/c1-3-5-6-7-8-26-17-20-29(32(35)31(26)34)25-15-13-24(14-16-25)28-19-18-27(21-30(28)33)23-11-9-22(4-2)10-12-23/h3-5,13-23H,2,6-12H2,1H3/b5-3-. The van der Waals surface area contributed by atoms with E-state index in [0.29, 0.717) is 34.9 Å². The van der Waals surface area contributed by atoms with Gasteiger partial charge in [0.2, 0.25) is 0 Å². The monoisotopic (exact) mass is 474 g/mol. The third-order valence-corrected chi connectivity index (χ3v) is 7.29. The average molecular weight is 475 g/mol. The van der Waals surface area contributed by atoms with Gasteiger partial charge in [0.25, 0.3) is 0 Å². The zero-order valence-electron chi connectivity index (χ0n) is 20.4. The Labute approximate surface area is 207 Å². The van der Waals surface area contributed by atoms with Crippen LogP contribution in [-0.2, 0) is 6.42 Å². The Kier molecular flexibility index (Phi) is 8.28. The van der Waals surface area contributed by atoms with E-state index in [1.807, 2.05) is 37.3 Å². The van der Waals surface area contributed by atoms with Crippen molar-refractivity contribution in [2.24, 2.45) is 5.92 Å². The lowest BCUT2D eigenvalue weighted by Gasteiger charge is -2.27. The van der Waals surface area contributed by atoms with Crippen LogP contribution in [-0.4, -0.2) is 0 Å². The number of unbranched alkanes of at least 4 members (excludes halogenated alkanes) is 1. The Balaban J connectivity index is 1.49. The van der Waals surface area contributed by atoms with E-state index < -0.39 is 11.6 Å². The van der Waals surface area contributed by atoms with Crippen LogP contribution in [0.15, 0.2) is 79.4 Å². The van der Waals surface area contributed by atoms with Crippen LogP contribution in [0.1, 0.15) is 62.5 Å². The summed E-state index contributed by atoms with van der Waals surface area (Å²) in [5, 5.41) is 0. The molecule has 1 fully saturated rings. The highest BCUT2D eigenvalue weighted by Gasteiger charge is 2.22. The minimum Gasteiger partial charge on any atom is -0.206 e. The van der Waals surface area contributed by atoms with Crippen LogP contribution < -0.4 is 0 Å². The third kappa shape index (κ3) is 5.78. The minimum absolute atomic E-state index is 0.220. The van der Waals surface area contributed by atoms with Crippen molar-refractivity contribution in [2.45, 2.75) is 57.8 Å². The molecule has 0 saturated heterocycles. The van der Waals surface area contributed by atoms with Crippen LogP contribution >= 0.6 is 0 Å². The summed E-state index contributed by atoms with van der Waals surface area (Å²) in [4.78, 5) is 0. The molecule has 35 heavy (non-hydrogen) atoms. The van der Waals surface area contributed by atoms with E-state index in [9.17, 15) is 8.78 Å². The van der Waals surface area contributed by atoms with E-state index in [-0.39, 0.29) is 11.4 Å². The van der Waals surface area contributed by atoms with E-state index in [4.69, 9.17) is 0 Å². The highest BCUT2D eigenvalue weighted by Crippen LogP contribution is 2.38. The zero-order chi connectivity index (χ0) is 24.8. The van der Waals surface area contributed by atoms with Crippen LogP contribution in [0.2, 0.25) is 0 Å². The van der Waals surface area contributed by atoms with E-state index >= 15 is 4.39 Å². The predicted octanol–water partition coefficient (Wildman–Crippen LogP) is 9.80. The maximum absolute atomic E-state index is 15.0. The summed E-state index contributed by atoms with van der Waals surface area (Å²) in [6.07, 6.45) is 12.4. The predicted molar refractivity (Wildman–Crippen MR) is 140 cm³/mol. The van der Waals surface area contributed by atoms with Crippen molar-refractivity contribution in [3.8, 4) is 22.3 Å². The average Bonchev–Trinajstić information content (AvgIpc) is 2.89. The van der Waals surface area contributed by atoms with E-state index in [2.05, 4.69) is 6.58 Å². The second kappa shape index (κ2) is 11.6. The van der Waals surface area contributed by atoms with Crippen molar-refractivity contribution in [3.63, 3.8) is 0 Å². The number of benzene rings is 3. The summed E-state index contributed by atoms with van der Waals surface area (Å²) in [5.41, 5.74) is 3.47. The van der Waals surface area contributed by atoms with Gasteiger partial charge in [-0.3, -0.25) is 0 Å². The molecule has 0 aromatic heterocycles. The van der Waals surface area contributed by atoms with Crippen LogP contribution in [0.5, 0.6) is 0 Å². The molecule has 0 radical (unpaired) electrons. The van der Waals surface area contributed by atoms with Crippen LogP contribution in [0.4, 0.5) is 13.2 Å². The third-order valence-electron chi connectivity index (χ3n) is 7.29. The summed E-state index contributed by atoms with van der Waals surface area (Å²) in [5.74, 6) is -0.896. The molecule has 1 aliphatic carbocycles. The summed E-state index contributed by atoms with van der Waals surface area (Å²) < 4.78 is 44.5. The summed E-state index contributed by atoms with van der Waals surface area (Å²) in [6, 6.07) is 15.8. The largest absolute Gasteiger partial charge is 0.206 e. The molecule has 0 spiro atoms. The van der Waals surface area contributed by atoms with Gasteiger partial charge in [0.05, 0.1) is 0 Å². The molecule has 1 aliphatic rings. The summed E-state index contributed by atoms with van der Waals surface area (Å²) in [7, 11) is 0. The molecular formula is C32H33F3. The molecular weight excluding hydrogens is 441 g/mol. The fourth-order valence-electron chi connectivity index (χ4n) is 5.12. The first-order chi connectivity index (χ1) is 17.0. The van der Waals surface area contributed by atoms with Gasteiger partial charge >= 0.3 is 0 Å². The number of hydrogen-bond donors (Lipinski definition) is 0. The summed E-state index contributed by atoms with van der Waals surface area (Å²) in [6.45, 7) is 5.84. The molecule has 0 nitrogen and oxygen atoms in total. The first-order valence-electron chi connectivity index (χ1n) is 12.6. The molecule has 0 bridgehead atoms. The molecule has 4 rings (SSSR count). The van der Waals surface area contributed by atoms with Crippen LogP contribution in [0, 0.1) is 23.4 Å². The lowest BCUT2D eigenvalue weighted by Crippen LogP contribution is -2.11. The highest BCUT2D eigenvalue weighted by atomic mass is 19.2. The number of allylic oxidation sites excluding steroid dienone is 3. The van der Waals surface area contributed by atoms with Gasteiger partial charge in [-0.2, -0.15) is 0 Å². The van der Waals surface area contributed by atoms with Crippen molar-refractivity contribution in [2.75, 3.05) is 0 Å². The maximum Gasteiger partial charge on any atom is 0.166 e. The first-order valence-corrected chi connectivity index (χ1v) is 12.6. The SMILES string of the molecule is C=CC1CCC(c2ccc(-c3ccc(-c4ccc(CCC/C=C\C)c(F)c4F)cc3)c(F)c2)CC1. The van der Waals surface area contributed by atoms with E-state index in [1.54, 1.807) is 42.5 Å². The van der Waals surface area contributed by atoms with Gasteiger partial charge in [-0.15, -0.1) is 6.58 Å². The molecule has 0 heterocycles. The van der Waals surface area contributed by atoms with Crippen molar-refractivity contribution >= 4 is 0 Å². The highest BCUT2D eigenvalue weighted by molar-refractivity contribution is 5.71. The minimum atomic E-state index is -0.831. The topological polar surface area (TPSA) is 0 Å². The lowest BCUT2D eigenvalue weighted by atomic mass is 9.78. The molecule has 0 amide bonds. The second-order valence-electron chi connectivity index (χ2n) is 9.53. The van der Waals surface area contributed by atoms with Crippen LogP contribution in [0.25, 0.3) is 22.3 Å². The quantitative estimate of drug-likeness (QED) is 0.225. The van der Waals surface area contributed by atoms with Gasteiger partial charge < -0.3 is 0 Å². The number of rotatable bonds is 8. The lowest BCUT2D eigenvalue weighted by molar-refractivity contribution is 0.375.